The second-order valence-electron chi connectivity index (χ2n) is 6.67. The molecule has 30 heavy (non-hydrogen) atoms. The van der Waals surface area contributed by atoms with Crippen molar-refractivity contribution in [1.29, 1.82) is 0 Å². The van der Waals surface area contributed by atoms with E-state index in [0.717, 1.165) is 20.9 Å². The molecule has 0 atom stereocenters. The fourth-order valence-electron chi connectivity index (χ4n) is 3.19. The number of rotatable bonds is 3. The highest BCUT2D eigenvalue weighted by molar-refractivity contribution is 9.10. The highest BCUT2D eigenvalue weighted by atomic mass is 79.9. The third kappa shape index (κ3) is 3.51. The summed E-state index contributed by atoms with van der Waals surface area (Å²) in [5.41, 5.74) is 6.37. The number of amides is 1. The van der Waals surface area contributed by atoms with E-state index >= 15 is 0 Å². The van der Waals surface area contributed by atoms with Crippen molar-refractivity contribution in [1.82, 2.24) is 15.4 Å². The summed E-state index contributed by atoms with van der Waals surface area (Å²) in [7, 11) is 0. The minimum Gasteiger partial charge on any atom is -0.436 e. The van der Waals surface area contributed by atoms with Crippen LogP contribution in [0.5, 0.6) is 0 Å². The molecule has 5 rings (SSSR count). The van der Waals surface area contributed by atoms with Crippen LogP contribution in [0.1, 0.15) is 10.4 Å². The number of carbonyl (C=O) groups excluding carboxylic acids is 1. The Labute approximate surface area is 179 Å². The Hall–Kier alpha value is -3.71. The van der Waals surface area contributed by atoms with E-state index in [4.69, 9.17) is 4.42 Å². The van der Waals surface area contributed by atoms with Gasteiger partial charge in [-0.05, 0) is 48.5 Å². The summed E-state index contributed by atoms with van der Waals surface area (Å²) in [4.78, 5) is 20.4. The van der Waals surface area contributed by atoms with Crippen LogP contribution in [0.15, 0.2) is 92.9 Å². The van der Waals surface area contributed by atoms with Crippen LogP contribution in [0, 0.1) is 0 Å². The molecule has 0 aliphatic carbocycles. The topological polar surface area (TPSA) is 83.3 Å². The van der Waals surface area contributed by atoms with E-state index in [9.17, 15) is 4.79 Å². The number of aromatic nitrogens is 2. The average molecular weight is 459 g/mol. The number of hydrogen-bond donors (Lipinski definition) is 2. The quantitative estimate of drug-likeness (QED) is 0.373. The molecule has 5 aromatic rings. The van der Waals surface area contributed by atoms with Gasteiger partial charge in [-0.15, -0.1) is 5.10 Å². The minimum atomic E-state index is -0.322. The zero-order valence-electron chi connectivity index (χ0n) is 15.6. The number of hydrogen-bond acceptors (Lipinski definition) is 4. The molecule has 0 aliphatic rings. The van der Waals surface area contributed by atoms with Crippen LogP contribution in [-0.2, 0) is 0 Å². The number of aromatic amines is 1. The lowest BCUT2D eigenvalue weighted by Crippen LogP contribution is -2.22. The summed E-state index contributed by atoms with van der Waals surface area (Å²) in [6.07, 6.45) is 0. The Kier molecular flexibility index (Phi) is 4.65. The normalized spacial score (nSPS) is 11.8. The van der Waals surface area contributed by atoms with Gasteiger partial charge in [-0.2, -0.15) is 0 Å². The number of imidazole rings is 1. The van der Waals surface area contributed by atoms with Crippen LogP contribution >= 0.6 is 15.9 Å². The Balaban J connectivity index is 1.66. The zero-order chi connectivity index (χ0) is 20.5. The molecule has 2 aromatic heterocycles. The maximum absolute atomic E-state index is 12.4. The Bertz CT molecular complexity index is 1420. The van der Waals surface area contributed by atoms with Gasteiger partial charge in [-0.1, -0.05) is 46.3 Å². The summed E-state index contributed by atoms with van der Waals surface area (Å²) >= 11 is 3.49. The van der Waals surface area contributed by atoms with Crippen LogP contribution in [0.2, 0.25) is 0 Å². The molecule has 0 spiro atoms. The number of benzene rings is 3. The molecule has 0 bridgehead atoms. The lowest BCUT2D eigenvalue weighted by molar-refractivity contribution is 0.0951. The fraction of sp³-hybridized carbons (Fsp3) is 0. The molecular formula is C23H15BrN4O2. The Morgan fingerprint density at radius 1 is 1.00 bits per heavy atom. The molecule has 0 unspecified atom stereocenters. The van der Waals surface area contributed by atoms with Crippen molar-refractivity contribution in [2.45, 2.75) is 0 Å². The highest BCUT2D eigenvalue weighted by Gasteiger charge is 2.12. The zero-order valence-corrected chi connectivity index (χ0v) is 17.2. The second kappa shape index (κ2) is 7.61. The molecule has 146 valence electrons. The Morgan fingerprint density at radius 3 is 2.63 bits per heavy atom. The molecule has 2 heterocycles. The number of H-pyrrole nitrogens is 1. The maximum atomic E-state index is 12.4. The van der Waals surface area contributed by atoms with Crippen molar-refractivity contribution in [3.63, 3.8) is 0 Å². The largest absolute Gasteiger partial charge is 0.436 e. The fourth-order valence-corrected chi connectivity index (χ4v) is 3.57. The van der Waals surface area contributed by atoms with Gasteiger partial charge in [0.15, 0.2) is 0 Å². The molecule has 6 nitrogen and oxygen atoms in total. The molecular weight excluding hydrogens is 444 g/mol. The predicted molar refractivity (Wildman–Crippen MR) is 118 cm³/mol. The third-order valence-electron chi connectivity index (χ3n) is 4.65. The molecule has 0 radical (unpaired) electrons. The van der Waals surface area contributed by atoms with Crippen LogP contribution in [0.3, 0.4) is 0 Å². The summed E-state index contributed by atoms with van der Waals surface area (Å²) in [6, 6.07) is 24.3. The van der Waals surface area contributed by atoms with Crippen LogP contribution in [-0.4, -0.2) is 15.9 Å². The summed E-state index contributed by atoms with van der Waals surface area (Å²) in [6.45, 7) is 0. The van der Waals surface area contributed by atoms with E-state index in [-0.39, 0.29) is 11.5 Å². The first-order valence-corrected chi connectivity index (χ1v) is 10.0. The second-order valence-corrected chi connectivity index (χ2v) is 7.58. The van der Waals surface area contributed by atoms with E-state index in [1.165, 1.54) is 0 Å². The maximum Gasteiger partial charge on any atom is 0.271 e. The van der Waals surface area contributed by atoms with Gasteiger partial charge in [-0.25, -0.2) is 10.4 Å². The summed E-state index contributed by atoms with van der Waals surface area (Å²) < 4.78 is 6.96. The van der Waals surface area contributed by atoms with E-state index in [1.54, 1.807) is 24.3 Å². The molecule has 0 saturated heterocycles. The van der Waals surface area contributed by atoms with Crippen molar-refractivity contribution < 1.29 is 9.21 Å². The molecule has 2 N–H and O–H groups in total. The van der Waals surface area contributed by atoms with Crippen LogP contribution in [0.4, 0.5) is 0 Å². The lowest BCUT2D eigenvalue weighted by Gasteiger charge is -2.04. The van der Waals surface area contributed by atoms with Crippen LogP contribution in [0.25, 0.3) is 33.4 Å². The highest BCUT2D eigenvalue weighted by Crippen LogP contribution is 2.24. The van der Waals surface area contributed by atoms with Gasteiger partial charge in [0.2, 0.25) is 5.55 Å². The molecule has 7 heteroatoms. The van der Waals surface area contributed by atoms with Crippen molar-refractivity contribution in [3.8, 4) is 11.4 Å². The summed E-state index contributed by atoms with van der Waals surface area (Å²) in [5, 5.41) is 5.15. The van der Waals surface area contributed by atoms with Crippen molar-refractivity contribution in [3.05, 3.63) is 94.5 Å². The Morgan fingerprint density at radius 2 is 1.80 bits per heavy atom. The monoisotopic (exact) mass is 458 g/mol. The van der Waals surface area contributed by atoms with Crippen molar-refractivity contribution >= 4 is 43.8 Å². The van der Waals surface area contributed by atoms with Crippen molar-refractivity contribution in [2.24, 2.45) is 5.10 Å². The van der Waals surface area contributed by atoms with Gasteiger partial charge in [0.1, 0.15) is 11.4 Å². The number of halogens is 1. The third-order valence-corrected chi connectivity index (χ3v) is 5.14. The average Bonchev–Trinajstić information content (AvgIpc) is 3.21. The molecule has 0 saturated carbocycles. The van der Waals surface area contributed by atoms with Gasteiger partial charge in [0.05, 0.1) is 16.6 Å². The van der Waals surface area contributed by atoms with Gasteiger partial charge >= 0.3 is 0 Å². The van der Waals surface area contributed by atoms with Crippen LogP contribution < -0.4 is 11.0 Å². The number of carbonyl (C=O) groups is 1. The van der Waals surface area contributed by atoms with Gasteiger partial charge in [0.25, 0.3) is 5.91 Å². The molecule has 0 aliphatic heterocycles. The first-order chi connectivity index (χ1) is 14.7. The van der Waals surface area contributed by atoms with E-state index in [2.05, 4.69) is 36.4 Å². The number of nitrogens with one attached hydrogen (secondary N) is 2. The molecule has 3 aromatic carbocycles. The first kappa shape index (κ1) is 18.3. The van der Waals surface area contributed by atoms with Gasteiger partial charge in [-0.3, -0.25) is 4.79 Å². The van der Waals surface area contributed by atoms with E-state index in [1.807, 2.05) is 54.6 Å². The lowest BCUT2D eigenvalue weighted by atomic mass is 10.2. The number of para-hydroxylation sites is 2. The number of nitrogens with zero attached hydrogens (tertiary/aromatic N) is 2. The van der Waals surface area contributed by atoms with Crippen molar-refractivity contribution in [2.75, 3.05) is 0 Å². The first-order valence-electron chi connectivity index (χ1n) is 9.25. The summed E-state index contributed by atoms with van der Waals surface area (Å²) in [5.74, 6) is 0.284. The standard InChI is InChI=1S/C23H15BrN4O2/c24-16-10-11-20-15(12-16)13-17(21-25-18-8-4-5-9-19(18)26-21)23(30-20)28-27-22(29)14-6-2-1-3-7-14/h1-13H,(H,25,26)(H,27,29)/b28-23+. The molecule has 0 fully saturated rings. The smallest absolute Gasteiger partial charge is 0.271 e. The van der Waals surface area contributed by atoms with E-state index < -0.39 is 0 Å². The van der Waals surface area contributed by atoms with E-state index in [0.29, 0.717) is 22.5 Å². The predicted octanol–water partition coefficient (Wildman–Crippen LogP) is 4.98. The van der Waals surface area contributed by atoms with Gasteiger partial charge in [0, 0.05) is 15.4 Å². The molecule has 1 amide bonds. The minimum absolute atomic E-state index is 0.258. The van der Waals surface area contributed by atoms with Gasteiger partial charge < -0.3 is 9.40 Å². The SMILES string of the molecule is O=C(N/N=c1/oc2ccc(Br)cc2cc1-c1nc2ccccc2[nH]1)c1ccccc1. The number of fused-ring (bicyclic) bond motifs is 2.